The van der Waals surface area contributed by atoms with E-state index >= 15 is 0 Å². The van der Waals surface area contributed by atoms with Crippen molar-refractivity contribution in [2.24, 2.45) is 0 Å². The maximum atomic E-state index is 12.4. The van der Waals surface area contributed by atoms with Gasteiger partial charge in [0, 0.05) is 21.3 Å². The van der Waals surface area contributed by atoms with Crippen molar-refractivity contribution >= 4 is 5.97 Å². The van der Waals surface area contributed by atoms with Gasteiger partial charge in [-0.1, -0.05) is 0 Å². The third-order valence-electron chi connectivity index (χ3n) is 17.8. The van der Waals surface area contributed by atoms with Gasteiger partial charge in [0.25, 0.3) is 0 Å². The number of aliphatic hydroxyl groups is 23. The summed E-state index contributed by atoms with van der Waals surface area (Å²) in [5.41, 5.74) is 0. The fraction of sp³-hybridized carbons (Fsp3) is 0.981. The zero-order chi connectivity index (χ0) is 72.0. The highest BCUT2D eigenvalue weighted by Gasteiger charge is 2.60. The Hall–Kier alpha value is -2.21. The monoisotopic (exact) mass is 1440 g/mol. The van der Waals surface area contributed by atoms with Crippen molar-refractivity contribution < 1.29 is 217 Å². The standard InChI is InChI=1S/C54H92O44/c1-80-9-18-24(62)28(66)35(73)51(89-18)94-41-20(10-81-2)91-53(37(75)31(41)69)96-43-21(11-82-3)92-54(39(77)45(43)98-50-34(72)27(65)23(61)14(5-56)85-50)93-40-15(6-57)87-52(36(74)30(40)68)97-44-38(76)47(83-12-19-25(63)29(67)32(70)48(90-19)88-17(8-59)46(78)79)86-16(7-58)42(44)95-49-33(71)26(64)22(60)13(4-55)84-49/h13-45,47-77H,4-12H2,1-3H3,(H,78,79)/t13-,14-,15-,16-,17?,18-,19-,20-,21-,22-,23-,24-,25-,26+,27+,28+,29+,30-,31-,32-,33-,34-,35-,36-,37-,38-,39-,40-,41-,42-,43-,44-,45-,47+,48+,49+,50-,51-,52+,53-,54-/m1/s1. The van der Waals surface area contributed by atoms with Gasteiger partial charge in [-0.2, -0.15) is 0 Å². The molecule has 8 rings (SSSR count). The van der Waals surface area contributed by atoms with Gasteiger partial charge in [-0.15, -0.1) is 0 Å². The van der Waals surface area contributed by atoms with Crippen LogP contribution in [0, 0.1) is 0 Å². The molecule has 8 aliphatic heterocycles. The molecular weight excluding hydrogens is 1350 g/mol. The zero-order valence-corrected chi connectivity index (χ0v) is 52.4. The third kappa shape index (κ3) is 17.7. The second-order valence-corrected chi connectivity index (χ2v) is 24.4. The highest BCUT2D eigenvalue weighted by molar-refractivity contribution is 5.72. The molecule has 572 valence electrons. The molecule has 8 fully saturated rings. The van der Waals surface area contributed by atoms with E-state index in [0.29, 0.717) is 0 Å². The lowest BCUT2D eigenvalue weighted by Gasteiger charge is -2.51. The molecule has 44 heteroatoms. The number of aliphatic carboxylic acids is 1. The van der Waals surface area contributed by atoms with Gasteiger partial charge in [0.2, 0.25) is 0 Å². The Morgan fingerprint density at radius 1 is 0.286 bits per heavy atom. The van der Waals surface area contributed by atoms with Crippen LogP contribution in [0.15, 0.2) is 0 Å². The maximum Gasteiger partial charge on any atom is 0.335 e. The van der Waals surface area contributed by atoms with Crippen molar-refractivity contribution in [2.75, 3.05) is 80.8 Å². The van der Waals surface area contributed by atoms with Crippen LogP contribution in [-0.2, 0) is 94.8 Å². The van der Waals surface area contributed by atoms with Crippen molar-refractivity contribution in [1.82, 2.24) is 0 Å². The second kappa shape index (κ2) is 36.2. The maximum absolute atomic E-state index is 12.4. The van der Waals surface area contributed by atoms with Gasteiger partial charge >= 0.3 is 5.97 Å². The van der Waals surface area contributed by atoms with Crippen LogP contribution < -0.4 is 0 Å². The summed E-state index contributed by atoms with van der Waals surface area (Å²) in [7, 11) is 3.59. The Labute approximate surface area is 554 Å². The molecule has 0 saturated carbocycles. The summed E-state index contributed by atoms with van der Waals surface area (Å²) >= 11 is 0. The molecule has 0 amide bonds. The Morgan fingerprint density at radius 3 is 0.959 bits per heavy atom. The first-order chi connectivity index (χ1) is 46.5. The van der Waals surface area contributed by atoms with Crippen molar-refractivity contribution in [3.8, 4) is 0 Å². The smallest absolute Gasteiger partial charge is 0.335 e. The number of aliphatic hydroxyl groups excluding tert-OH is 23. The van der Waals surface area contributed by atoms with Crippen LogP contribution in [0.25, 0.3) is 0 Å². The minimum atomic E-state index is -2.45. The van der Waals surface area contributed by atoms with E-state index in [4.69, 9.17) is 90.0 Å². The molecule has 1 unspecified atom stereocenters. The zero-order valence-electron chi connectivity index (χ0n) is 52.4. The van der Waals surface area contributed by atoms with Gasteiger partial charge in [0.15, 0.2) is 56.4 Å². The van der Waals surface area contributed by atoms with Crippen LogP contribution in [0.5, 0.6) is 0 Å². The average Bonchev–Trinajstić information content (AvgIpc) is 0.770. The lowest BCUT2D eigenvalue weighted by molar-refractivity contribution is -0.410. The lowest BCUT2D eigenvalue weighted by Crippen LogP contribution is -2.69. The van der Waals surface area contributed by atoms with E-state index in [9.17, 15) is 127 Å². The molecule has 0 bridgehead atoms. The lowest BCUT2D eigenvalue weighted by atomic mass is 9.94. The minimum absolute atomic E-state index is 0.308. The van der Waals surface area contributed by atoms with Gasteiger partial charge in [-0.25, -0.2) is 4.79 Å². The molecule has 0 aliphatic carbocycles. The molecule has 8 saturated heterocycles. The van der Waals surface area contributed by atoms with E-state index in [0.717, 1.165) is 7.11 Å². The molecule has 0 aromatic carbocycles. The number of methoxy groups -OCH3 is 3. The molecule has 41 atom stereocenters. The highest BCUT2D eigenvalue weighted by Crippen LogP contribution is 2.40. The molecule has 0 spiro atoms. The van der Waals surface area contributed by atoms with E-state index in [1.54, 1.807) is 0 Å². The second-order valence-electron chi connectivity index (χ2n) is 24.4. The van der Waals surface area contributed by atoms with E-state index in [1.807, 2.05) is 0 Å². The topological polar surface area (TPSA) is 678 Å². The van der Waals surface area contributed by atoms with Gasteiger partial charge in [0.1, 0.15) is 195 Å². The fourth-order valence-electron chi connectivity index (χ4n) is 12.3. The first-order valence-electron chi connectivity index (χ1n) is 31.0. The summed E-state index contributed by atoms with van der Waals surface area (Å²) in [6.07, 6.45) is -82.5. The molecule has 44 nitrogen and oxygen atoms in total. The Morgan fingerprint density at radius 2 is 0.551 bits per heavy atom. The predicted molar refractivity (Wildman–Crippen MR) is 296 cm³/mol. The van der Waals surface area contributed by atoms with Crippen LogP contribution in [-0.4, -0.2) is 461 Å². The molecule has 0 aromatic heterocycles. The number of rotatable bonds is 29. The van der Waals surface area contributed by atoms with Crippen molar-refractivity contribution in [3.05, 3.63) is 0 Å². The number of carboxylic acid groups (broad SMARTS) is 1. The van der Waals surface area contributed by atoms with E-state index < -0.39 is 311 Å². The number of hydrogen-bond acceptors (Lipinski definition) is 43. The quantitative estimate of drug-likeness (QED) is 0.0331. The highest BCUT2D eigenvalue weighted by atomic mass is 16.8. The van der Waals surface area contributed by atoms with Crippen LogP contribution in [0.1, 0.15) is 0 Å². The molecular formula is C54H92O44. The molecule has 8 aliphatic rings. The number of hydrogen-bond donors (Lipinski definition) is 24. The number of ether oxygens (including phenoxy) is 19. The van der Waals surface area contributed by atoms with E-state index in [-0.39, 0.29) is 6.61 Å². The molecule has 24 N–H and O–H groups in total. The molecule has 8 heterocycles. The van der Waals surface area contributed by atoms with Crippen LogP contribution in [0.4, 0.5) is 0 Å². The fourth-order valence-corrected chi connectivity index (χ4v) is 12.3. The average molecular weight is 1450 g/mol. The predicted octanol–water partition coefficient (Wildman–Crippen LogP) is -17.0. The third-order valence-corrected chi connectivity index (χ3v) is 17.8. The van der Waals surface area contributed by atoms with E-state index in [1.165, 1.54) is 14.2 Å². The summed E-state index contributed by atoms with van der Waals surface area (Å²) in [5, 5.41) is 261. The summed E-state index contributed by atoms with van der Waals surface area (Å²) < 4.78 is 109. The van der Waals surface area contributed by atoms with Crippen LogP contribution in [0.2, 0.25) is 0 Å². The summed E-state index contributed by atoms with van der Waals surface area (Å²) in [6.45, 7) is -7.90. The Balaban J connectivity index is 1.05. The summed E-state index contributed by atoms with van der Waals surface area (Å²) in [4.78, 5) is 11.6. The van der Waals surface area contributed by atoms with Crippen molar-refractivity contribution in [3.63, 3.8) is 0 Å². The SMILES string of the molecule is COC[C@H]1O[C@H](O[C@H]2[C@H](O)[C@@H](O)[C@@H](O[C@H]3[C@H](O[C@H]4O[C@H](CO)[C@@H](O)[C@H](O)[C@H]4O)[C@@H](O)[C@@H](O[C@H]4[C@H](O)[C@@H](O)[C@H](O[C@@H]5[C@@H](O)[C@@H](OC[C@H]6O[C@H](OC(CO)C(=O)O)[C@H](O)[C@@H](O)[C@@H]6O)O[C@H](CO)[C@H]5O[C@@H]5O[C@H](CO)[C@@H](O)[C@H](O)[C@H]5O)O[C@@H]4CO)O[C@@H]3COC)O[C@@H]2COC)[C@H](O)[C@@H](O)[C@@H]1O. The Kier molecular flexibility index (Phi) is 30.1. The molecule has 0 radical (unpaired) electrons. The van der Waals surface area contributed by atoms with Gasteiger partial charge in [-0.3, -0.25) is 0 Å². The first-order valence-corrected chi connectivity index (χ1v) is 31.0. The van der Waals surface area contributed by atoms with Crippen molar-refractivity contribution in [1.29, 1.82) is 0 Å². The Bertz CT molecular complexity index is 2380. The normalized spacial score (nSPS) is 50.1. The van der Waals surface area contributed by atoms with Crippen LogP contribution >= 0.6 is 0 Å². The number of carbonyl (C=O) groups is 1. The van der Waals surface area contributed by atoms with Crippen LogP contribution in [0.3, 0.4) is 0 Å². The van der Waals surface area contributed by atoms with Crippen molar-refractivity contribution in [2.45, 2.75) is 252 Å². The molecule has 0 aromatic rings. The number of carboxylic acids is 1. The largest absolute Gasteiger partial charge is 0.479 e. The van der Waals surface area contributed by atoms with Gasteiger partial charge in [-0.05, 0) is 0 Å². The first kappa shape index (κ1) is 81.5. The van der Waals surface area contributed by atoms with Gasteiger partial charge in [0.05, 0.1) is 59.5 Å². The van der Waals surface area contributed by atoms with Gasteiger partial charge < -0.3 is 213 Å². The molecule has 98 heavy (non-hydrogen) atoms. The summed E-state index contributed by atoms with van der Waals surface area (Å²) in [5.74, 6) is -1.73. The summed E-state index contributed by atoms with van der Waals surface area (Å²) in [6, 6.07) is 0. The van der Waals surface area contributed by atoms with E-state index in [2.05, 4.69) is 0 Å². The minimum Gasteiger partial charge on any atom is -0.479 e.